The summed E-state index contributed by atoms with van der Waals surface area (Å²) in [5, 5.41) is 11.8. The van der Waals surface area contributed by atoms with Gasteiger partial charge in [-0.1, -0.05) is 115 Å². The molecule has 0 saturated heterocycles. The Hall–Kier alpha value is -3.28. The van der Waals surface area contributed by atoms with Gasteiger partial charge in [0, 0.05) is 30.8 Å². The van der Waals surface area contributed by atoms with Crippen molar-refractivity contribution < 1.29 is 9.59 Å². The summed E-state index contributed by atoms with van der Waals surface area (Å²) in [7, 11) is 0. The van der Waals surface area contributed by atoms with Crippen LogP contribution in [0, 0.1) is 23.2 Å². The summed E-state index contributed by atoms with van der Waals surface area (Å²) in [6.45, 7) is 15.1. The van der Waals surface area contributed by atoms with E-state index in [1.165, 1.54) is 38.5 Å². The standard InChI is InChI=1S/C36H51N5O2S/c1-7-12-17-27(10-4)24-40(25-28(11-5)18-13-8-2)36-39-33(29-19-15-14-16-20-29)32(44-36)22-30-26(6)31(23-37)35(43)41(34(30)42)38-21-9-3/h14-16,19-20,22,27-28,38H,7-13,17-18,21,24-25H2,1-6H3/b30-22-. The van der Waals surface area contributed by atoms with E-state index in [0.717, 1.165) is 58.6 Å². The molecule has 44 heavy (non-hydrogen) atoms. The second-order valence-corrected chi connectivity index (χ2v) is 12.8. The molecule has 0 saturated carbocycles. The lowest BCUT2D eigenvalue weighted by molar-refractivity contribution is -0.144. The number of unbranched alkanes of at least 4 members (excludes halogenated alkanes) is 2. The van der Waals surface area contributed by atoms with E-state index in [-0.39, 0.29) is 5.57 Å². The predicted octanol–water partition coefficient (Wildman–Crippen LogP) is 8.56. The number of imide groups is 1. The van der Waals surface area contributed by atoms with Crippen LogP contribution in [0.3, 0.4) is 0 Å². The molecule has 2 unspecified atom stereocenters. The number of hydrazine groups is 1. The summed E-state index contributed by atoms with van der Waals surface area (Å²) in [6.07, 6.45) is 12.1. The molecule has 2 atom stereocenters. The minimum atomic E-state index is -0.601. The van der Waals surface area contributed by atoms with Crippen molar-refractivity contribution in [3.63, 3.8) is 0 Å². The lowest BCUT2D eigenvalue weighted by atomic mass is 9.95. The number of carbonyl (C=O) groups is 2. The number of nitriles is 1. The molecular weight excluding hydrogens is 566 g/mol. The molecule has 1 aliphatic heterocycles. The molecular formula is C36H51N5O2S. The van der Waals surface area contributed by atoms with E-state index in [1.54, 1.807) is 18.3 Å². The van der Waals surface area contributed by atoms with Crippen molar-refractivity contribution in [3.05, 3.63) is 51.9 Å². The first-order valence-electron chi connectivity index (χ1n) is 16.6. The Bertz CT molecular complexity index is 1320. The van der Waals surface area contributed by atoms with Crippen LogP contribution in [0.1, 0.15) is 104 Å². The molecule has 0 spiro atoms. The molecule has 7 nitrogen and oxygen atoms in total. The fourth-order valence-corrected chi connectivity index (χ4v) is 6.67. The largest absolute Gasteiger partial charge is 0.348 e. The van der Waals surface area contributed by atoms with Crippen molar-refractivity contribution in [2.45, 2.75) is 99.3 Å². The quantitative estimate of drug-likeness (QED) is 0.133. The Morgan fingerprint density at radius 1 is 0.955 bits per heavy atom. The van der Waals surface area contributed by atoms with Crippen LogP contribution >= 0.6 is 11.3 Å². The summed E-state index contributed by atoms with van der Waals surface area (Å²) in [6, 6.07) is 12.1. The first-order chi connectivity index (χ1) is 21.3. The lowest BCUT2D eigenvalue weighted by Crippen LogP contribution is -2.51. The smallest absolute Gasteiger partial charge is 0.286 e. The Morgan fingerprint density at radius 3 is 2.09 bits per heavy atom. The second-order valence-electron chi connectivity index (χ2n) is 11.8. The van der Waals surface area contributed by atoms with Gasteiger partial charge in [0.1, 0.15) is 11.6 Å². The molecule has 1 N–H and O–H groups in total. The first-order valence-corrected chi connectivity index (χ1v) is 17.4. The molecule has 2 heterocycles. The highest BCUT2D eigenvalue weighted by atomic mass is 32.1. The maximum absolute atomic E-state index is 13.7. The minimum Gasteiger partial charge on any atom is -0.348 e. The zero-order valence-electron chi connectivity index (χ0n) is 27.6. The Morgan fingerprint density at radius 2 is 1.57 bits per heavy atom. The van der Waals surface area contributed by atoms with Gasteiger partial charge in [0.25, 0.3) is 11.8 Å². The number of anilines is 1. The van der Waals surface area contributed by atoms with E-state index < -0.39 is 11.8 Å². The molecule has 0 aliphatic carbocycles. The zero-order valence-corrected chi connectivity index (χ0v) is 28.4. The molecule has 1 aromatic carbocycles. The van der Waals surface area contributed by atoms with E-state index in [1.807, 2.05) is 49.4 Å². The third kappa shape index (κ3) is 8.89. The van der Waals surface area contributed by atoms with E-state index in [4.69, 9.17) is 4.98 Å². The van der Waals surface area contributed by atoms with Crippen molar-refractivity contribution in [2.75, 3.05) is 24.5 Å². The van der Waals surface area contributed by atoms with Gasteiger partial charge in [-0.15, -0.1) is 0 Å². The highest BCUT2D eigenvalue weighted by molar-refractivity contribution is 7.17. The Kier molecular flexibility index (Phi) is 14.3. The molecule has 8 heteroatoms. The third-order valence-corrected chi connectivity index (χ3v) is 9.60. The highest BCUT2D eigenvalue weighted by Crippen LogP contribution is 2.38. The van der Waals surface area contributed by atoms with Gasteiger partial charge in [0.15, 0.2) is 5.13 Å². The monoisotopic (exact) mass is 617 g/mol. The summed E-state index contributed by atoms with van der Waals surface area (Å²) in [5.74, 6) is 0.117. The van der Waals surface area contributed by atoms with Crippen LogP contribution < -0.4 is 10.3 Å². The Balaban J connectivity index is 2.17. The number of nitrogens with zero attached hydrogens (tertiary/aromatic N) is 4. The van der Waals surface area contributed by atoms with Gasteiger partial charge in [0.2, 0.25) is 0 Å². The van der Waals surface area contributed by atoms with E-state index in [2.05, 4.69) is 38.0 Å². The summed E-state index contributed by atoms with van der Waals surface area (Å²) < 4.78 is 0. The number of benzene rings is 1. The van der Waals surface area contributed by atoms with Crippen molar-refractivity contribution in [3.8, 4) is 17.3 Å². The molecule has 3 rings (SSSR count). The molecule has 2 amide bonds. The van der Waals surface area contributed by atoms with E-state index in [9.17, 15) is 14.9 Å². The predicted molar refractivity (Wildman–Crippen MR) is 183 cm³/mol. The SMILES string of the molecule is CCCCC(CC)CN(CC(CC)CCCC)c1nc(-c2ccccc2)c(/C=C2\C(=O)N(NCCC)C(=O)C(C#N)=C2C)s1. The normalized spacial score (nSPS) is 16.0. The van der Waals surface area contributed by atoms with Crippen molar-refractivity contribution >= 4 is 34.4 Å². The molecule has 2 aromatic rings. The number of hydrogen-bond donors (Lipinski definition) is 1. The van der Waals surface area contributed by atoms with Crippen LogP contribution in [0.5, 0.6) is 0 Å². The van der Waals surface area contributed by atoms with E-state index in [0.29, 0.717) is 29.5 Å². The highest BCUT2D eigenvalue weighted by Gasteiger charge is 2.36. The molecule has 0 bridgehead atoms. The number of amides is 2. The maximum Gasteiger partial charge on any atom is 0.286 e. The van der Waals surface area contributed by atoms with E-state index >= 15 is 0 Å². The van der Waals surface area contributed by atoms with Crippen LogP contribution in [0.2, 0.25) is 0 Å². The topological polar surface area (TPSA) is 89.3 Å². The Labute approximate surface area is 269 Å². The zero-order chi connectivity index (χ0) is 32.1. The number of carbonyl (C=O) groups excluding carboxylic acids is 2. The van der Waals surface area contributed by atoms with Gasteiger partial charge in [-0.25, -0.2) is 15.4 Å². The number of rotatable bonds is 18. The first kappa shape index (κ1) is 35.2. The van der Waals surface area contributed by atoms with Gasteiger partial charge in [0.05, 0.1) is 10.6 Å². The van der Waals surface area contributed by atoms with Crippen LogP contribution in [0.25, 0.3) is 17.3 Å². The average molecular weight is 618 g/mol. The number of hydrogen-bond acceptors (Lipinski definition) is 7. The molecule has 1 aromatic heterocycles. The maximum atomic E-state index is 13.7. The lowest BCUT2D eigenvalue weighted by Gasteiger charge is -2.30. The van der Waals surface area contributed by atoms with Gasteiger partial charge >= 0.3 is 0 Å². The number of nitrogens with one attached hydrogen (secondary N) is 1. The average Bonchev–Trinajstić information content (AvgIpc) is 3.46. The van der Waals surface area contributed by atoms with Crippen LogP contribution in [-0.2, 0) is 9.59 Å². The molecule has 0 fully saturated rings. The molecule has 0 radical (unpaired) electrons. The fraction of sp³-hybridized carbons (Fsp3) is 0.556. The van der Waals surface area contributed by atoms with Gasteiger partial charge in [-0.3, -0.25) is 9.59 Å². The van der Waals surface area contributed by atoms with Crippen LogP contribution in [0.4, 0.5) is 5.13 Å². The number of aromatic nitrogens is 1. The van der Waals surface area contributed by atoms with Gasteiger partial charge in [-0.2, -0.15) is 5.26 Å². The summed E-state index contributed by atoms with van der Waals surface area (Å²) in [4.78, 5) is 35.3. The third-order valence-electron chi connectivity index (χ3n) is 8.54. The minimum absolute atomic E-state index is 0.0181. The van der Waals surface area contributed by atoms with Crippen molar-refractivity contribution in [1.82, 2.24) is 15.4 Å². The van der Waals surface area contributed by atoms with Gasteiger partial charge < -0.3 is 4.90 Å². The molecule has 1 aliphatic rings. The van der Waals surface area contributed by atoms with Crippen molar-refractivity contribution in [1.29, 1.82) is 5.26 Å². The van der Waals surface area contributed by atoms with Crippen LogP contribution in [0.15, 0.2) is 47.1 Å². The fourth-order valence-electron chi connectivity index (χ4n) is 5.62. The van der Waals surface area contributed by atoms with Crippen molar-refractivity contribution in [2.24, 2.45) is 11.8 Å². The number of thiazole rings is 1. The van der Waals surface area contributed by atoms with Crippen LogP contribution in [-0.4, -0.2) is 41.4 Å². The van der Waals surface area contributed by atoms with Gasteiger partial charge in [-0.05, 0) is 49.7 Å². The summed E-state index contributed by atoms with van der Waals surface area (Å²) >= 11 is 1.60. The second kappa shape index (κ2) is 17.9. The summed E-state index contributed by atoms with van der Waals surface area (Å²) in [5.41, 5.74) is 5.43. The molecule has 238 valence electrons.